The minimum absolute atomic E-state index is 0.0471. The number of anilines is 1. The minimum atomic E-state index is -0.228. The third kappa shape index (κ3) is 4.16. The van der Waals surface area contributed by atoms with Crippen LogP contribution in [0.1, 0.15) is 29.5 Å². The Balaban J connectivity index is 1.58. The number of benzene rings is 1. The van der Waals surface area contributed by atoms with E-state index < -0.39 is 0 Å². The van der Waals surface area contributed by atoms with Crippen LogP contribution in [0.15, 0.2) is 42.6 Å². The summed E-state index contributed by atoms with van der Waals surface area (Å²) in [6, 6.07) is 9.23. The van der Waals surface area contributed by atoms with Gasteiger partial charge in [0.1, 0.15) is 5.82 Å². The summed E-state index contributed by atoms with van der Waals surface area (Å²) in [5.74, 6) is 0.395. The number of nitrogens with one attached hydrogen (secondary N) is 2. The first-order chi connectivity index (χ1) is 12.0. The maximum Gasteiger partial charge on any atom is 0.287 e. The van der Waals surface area contributed by atoms with Gasteiger partial charge in [0.25, 0.3) is 5.91 Å². The molecule has 4 N–H and O–H groups in total. The third-order valence-corrected chi connectivity index (χ3v) is 3.98. The van der Waals surface area contributed by atoms with Crippen molar-refractivity contribution in [2.75, 3.05) is 5.73 Å². The first kappa shape index (κ1) is 17.0. The van der Waals surface area contributed by atoms with Crippen LogP contribution in [0, 0.1) is 0 Å². The van der Waals surface area contributed by atoms with Crippen molar-refractivity contribution in [3.8, 4) is 0 Å². The number of hydrogen-bond donors (Lipinski definition) is 3. The van der Waals surface area contributed by atoms with Gasteiger partial charge in [-0.15, -0.1) is 0 Å². The van der Waals surface area contributed by atoms with Gasteiger partial charge in [0.2, 0.25) is 0 Å². The Morgan fingerprint density at radius 3 is 3.00 bits per heavy atom. The molecule has 0 bridgehead atoms. The molecule has 128 valence electrons. The molecule has 25 heavy (non-hydrogen) atoms. The Bertz CT molecular complexity index is 901. The van der Waals surface area contributed by atoms with Crippen molar-refractivity contribution in [3.05, 3.63) is 59.0 Å². The molecule has 0 unspecified atom stereocenters. The van der Waals surface area contributed by atoms with E-state index in [1.807, 2.05) is 43.3 Å². The smallest absolute Gasteiger partial charge is 0.287 e. The molecule has 7 heteroatoms. The number of nitrogens with zero attached hydrogens (tertiary/aromatic N) is 2. The van der Waals surface area contributed by atoms with E-state index in [1.165, 1.54) is 0 Å². The van der Waals surface area contributed by atoms with Crippen LogP contribution >= 0.6 is 11.6 Å². The molecule has 1 aromatic carbocycles. The van der Waals surface area contributed by atoms with Gasteiger partial charge in [0.05, 0.1) is 16.1 Å². The molecule has 3 aromatic rings. The number of nitrogens with two attached hydrogens (primary N) is 1. The molecule has 1 atom stereocenters. The molecule has 0 aliphatic heterocycles. The van der Waals surface area contributed by atoms with Gasteiger partial charge >= 0.3 is 0 Å². The number of rotatable bonds is 5. The molecule has 0 aliphatic carbocycles. The Morgan fingerprint density at radius 2 is 2.24 bits per heavy atom. The summed E-state index contributed by atoms with van der Waals surface area (Å²) in [6.07, 6.45) is 6.15. The molecule has 6 nitrogen and oxygen atoms in total. The number of pyridine rings is 1. The second-order valence-corrected chi connectivity index (χ2v) is 6.16. The molecular formula is C18H18ClN5O. The normalized spacial score (nSPS) is 12.6. The number of imidazole rings is 1. The van der Waals surface area contributed by atoms with Gasteiger partial charge in [-0.3, -0.25) is 4.79 Å². The fraction of sp³-hybridized carbons (Fsp3) is 0.167. The lowest BCUT2D eigenvalue weighted by atomic mass is 10.2. The SMILES string of the molecule is C[C@H](C/C=C/c1cnc(N)c(Cl)c1)NC(=O)c1nc2ccccc2[nH]1. The maximum absolute atomic E-state index is 12.3. The fourth-order valence-electron chi connectivity index (χ4n) is 2.37. The Hall–Kier alpha value is -2.86. The first-order valence-corrected chi connectivity index (χ1v) is 8.24. The predicted octanol–water partition coefficient (Wildman–Crippen LogP) is 3.42. The summed E-state index contributed by atoms with van der Waals surface area (Å²) >= 11 is 5.94. The number of aromatic amines is 1. The van der Waals surface area contributed by atoms with Crippen LogP contribution in [0.2, 0.25) is 5.02 Å². The molecule has 2 heterocycles. The van der Waals surface area contributed by atoms with E-state index in [0.29, 0.717) is 23.1 Å². The Kier molecular flexibility index (Phi) is 5.00. The van der Waals surface area contributed by atoms with Crippen LogP contribution in [0.3, 0.4) is 0 Å². The van der Waals surface area contributed by atoms with Crippen molar-refractivity contribution in [1.29, 1.82) is 0 Å². The average Bonchev–Trinajstić information content (AvgIpc) is 3.02. The van der Waals surface area contributed by atoms with Crippen molar-refractivity contribution in [2.24, 2.45) is 0 Å². The lowest BCUT2D eigenvalue weighted by Gasteiger charge is -2.10. The summed E-state index contributed by atoms with van der Waals surface area (Å²) in [5, 5.41) is 3.34. The highest BCUT2D eigenvalue weighted by atomic mass is 35.5. The van der Waals surface area contributed by atoms with Gasteiger partial charge in [0.15, 0.2) is 5.82 Å². The maximum atomic E-state index is 12.3. The molecule has 2 aromatic heterocycles. The number of carbonyl (C=O) groups is 1. The number of carbonyl (C=O) groups excluding carboxylic acids is 1. The van der Waals surface area contributed by atoms with Gasteiger partial charge in [-0.25, -0.2) is 9.97 Å². The number of fused-ring (bicyclic) bond motifs is 1. The molecule has 0 radical (unpaired) electrons. The average molecular weight is 356 g/mol. The summed E-state index contributed by atoms with van der Waals surface area (Å²) in [5.41, 5.74) is 8.05. The Labute approximate surface area is 150 Å². The zero-order chi connectivity index (χ0) is 17.8. The molecule has 0 spiro atoms. The highest BCUT2D eigenvalue weighted by molar-refractivity contribution is 6.32. The van der Waals surface area contributed by atoms with E-state index in [-0.39, 0.29) is 11.9 Å². The van der Waals surface area contributed by atoms with Crippen molar-refractivity contribution >= 4 is 40.4 Å². The van der Waals surface area contributed by atoms with Crippen molar-refractivity contribution in [3.63, 3.8) is 0 Å². The molecule has 0 aliphatic rings. The standard InChI is InChI=1S/C18H18ClN5O/c1-11(5-4-6-12-9-13(19)16(20)21-10-12)22-18(25)17-23-14-7-2-3-8-15(14)24-17/h2-4,6-11H,5H2,1H3,(H2,20,21)(H,22,25)(H,23,24)/b6-4+/t11-/m1/s1. The second-order valence-electron chi connectivity index (χ2n) is 5.75. The lowest BCUT2D eigenvalue weighted by molar-refractivity contribution is 0.0931. The second kappa shape index (κ2) is 7.36. The largest absolute Gasteiger partial charge is 0.382 e. The molecule has 1 amide bonds. The number of nitrogen functional groups attached to an aromatic ring is 1. The monoisotopic (exact) mass is 355 g/mol. The van der Waals surface area contributed by atoms with E-state index in [9.17, 15) is 4.79 Å². The van der Waals surface area contributed by atoms with Crippen LogP contribution < -0.4 is 11.1 Å². The van der Waals surface area contributed by atoms with E-state index in [4.69, 9.17) is 17.3 Å². The molecule has 0 saturated heterocycles. The van der Waals surface area contributed by atoms with Crippen LogP contribution in [0.4, 0.5) is 5.82 Å². The molecule has 3 rings (SSSR count). The van der Waals surface area contributed by atoms with Gasteiger partial charge in [-0.05, 0) is 37.1 Å². The van der Waals surface area contributed by atoms with E-state index in [1.54, 1.807) is 12.3 Å². The van der Waals surface area contributed by atoms with E-state index in [0.717, 1.165) is 16.6 Å². The highest BCUT2D eigenvalue weighted by Crippen LogP contribution is 2.17. The predicted molar refractivity (Wildman–Crippen MR) is 100 cm³/mol. The highest BCUT2D eigenvalue weighted by Gasteiger charge is 2.13. The van der Waals surface area contributed by atoms with Crippen molar-refractivity contribution in [1.82, 2.24) is 20.3 Å². The Morgan fingerprint density at radius 1 is 1.44 bits per heavy atom. The summed E-state index contributed by atoms with van der Waals surface area (Å²) in [4.78, 5) is 23.6. The molecule has 0 fully saturated rings. The van der Waals surface area contributed by atoms with Crippen LogP contribution in [-0.4, -0.2) is 26.9 Å². The molecular weight excluding hydrogens is 338 g/mol. The quantitative estimate of drug-likeness (QED) is 0.653. The van der Waals surface area contributed by atoms with Crippen LogP contribution in [-0.2, 0) is 0 Å². The number of para-hydroxylation sites is 2. The van der Waals surface area contributed by atoms with Gasteiger partial charge in [-0.1, -0.05) is 35.9 Å². The number of H-pyrrole nitrogens is 1. The topological polar surface area (TPSA) is 96.7 Å². The van der Waals surface area contributed by atoms with Gasteiger partial charge < -0.3 is 16.0 Å². The number of amides is 1. The zero-order valence-electron chi connectivity index (χ0n) is 13.7. The van der Waals surface area contributed by atoms with Crippen molar-refractivity contribution in [2.45, 2.75) is 19.4 Å². The summed E-state index contributed by atoms with van der Waals surface area (Å²) < 4.78 is 0. The number of halogens is 1. The lowest BCUT2D eigenvalue weighted by Crippen LogP contribution is -2.32. The minimum Gasteiger partial charge on any atom is -0.382 e. The van der Waals surface area contributed by atoms with E-state index >= 15 is 0 Å². The first-order valence-electron chi connectivity index (χ1n) is 7.86. The number of hydrogen-bond acceptors (Lipinski definition) is 4. The third-order valence-electron chi connectivity index (χ3n) is 3.67. The number of aromatic nitrogens is 3. The fourth-order valence-corrected chi connectivity index (χ4v) is 2.55. The van der Waals surface area contributed by atoms with Crippen LogP contribution in [0.5, 0.6) is 0 Å². The van der Waals surface area contributed by atoms with Crippen molar-refractivity contribution < 1.29 is 4.79 Å². The summed E-state index contributed by atoms with van der Waals surface area (Å²) in [7, 11) is 0. The van der Waals surface area contributed by atoms with Gasteiger partial charge in [-0.2, -0.15) is 0 Å². The summed E-state index contributed by atoms with van der Waals surface area (Å²) in [6.45, 7) is 1.93. The molecule has 0 saturated carbocycles. The zero-order valence-corrected chi connectivity index (χ0v) is 14.4. The van der Waals surface area contributed by atoms with Crippen LogP contribution in [0.25, 0.3) is 17.1 Å². The van der Waals surface area contributed by atoms with Gasteiger partial charge in [0, 0.05) is 12.2 Å². The van der Waals surface area contributed by atoms with E-state index in [2.05, 4.69) is 20.3 Å².